The summed E-state index contributed by atoms with van der Waals surface area (Å²) in [4.78, 5) is 10.8. The smallest absolute Gasteiger partial charge is 0.187 e. The van der Waals surface area contributed by atoms with E-state index >= 15 is 0 Å². The lowest BCUT2D eigenvalue weighted by Crippen LogP contribution is -1.94. The van der Waals surface area contributed by atoms with E-state index in [1.165, 1.54) is 103 Å². The van der Waals surface area contributed by atoms with Gasteiger partial charge in [-0.15, -0.1) is 0 Å². The van der Waals surface area contributed by atoms with Gasteiger partial charge in [-0.25, -0.2) is 0 Å². The third-order valence-corrected chi connectivity index (χ3v) is 4.63. The van der Waals surface area contributed by atoms with E-state index in [9.17, 15) is 4.79 Å². The highest BCUT2D eigenvalue weighted by molar-refractivity contribution is 6.57. The Hall–Kier alpha value is -0.265. The highest BCUT2D eigenvalue weighted by Crippen LogP contribution is 2.14. The van der Waals surface area contributed by atoms with Crippen molar-refractivity contribution in [2.24, 2.45) is 0 Å². The average Bonchev–Trinajstić information content (AvgIpc) is 2.50. The Morgan fingerprint density at radius 1 is 0.545 bits per heavy atom. The first kappa shape index (κ1) is 21.7. The topological polar surface area (TPSA) is 17.1 Å². The summed E-state index contributed by atoms with van der Waals surface area (Å²) in [5.41, 5.74) is 0.348. The number of carbonyl (C=O) groups excluding carboxylic acids is 1. The molecule has 1 nitrogen and oxygen atoms in total. The highest BCUT2D eigenvalue weighted by atomic mass is 16.1. The highest BCUT2D eigenvalue weighted by Gasteiger charge is 1.96. The van der Waals surface area contributed by atoms with E-state index in [1.807, 2.05) is 0 Å². The molecule has 0 unspecified atom stereocenters. The number of carbonyl (C=O) groups is 1. The molecule has 0 radical (unpaired) electrons. The normalized spacial score (nSPS) is 11.0. The van der Waals surface area contributed by atoms with Gasteiger partial charge in [0, 0.05) is 0 Å². The molecule has 0 rings (SSSR count). The molecule has 2 heteroatoms. The average molecular weight is 308 g/mol. The molecular formula is C20H41BO. The van der Waals surface area contributed by atoms with Gasteiger partial charge in [-0.05, 0) is 12.8 Å². The molecule has 0 amide bonds. The van der Waals surface area contributed by atoms with Gasteiger partial charge >= 0.3 is 0 Å². The van der Waals surface area contributed by atoms with Crippen molar-refractivity contribution in [1.29, 1.82) is 0 Å². The molecule has 130 valence electrons. The monoisotopic (exact) mass is 308 g/mol. The Balaban J connectivity index is 2.95. The van der Waals surface area contributed by atoms with Gasteiger partial charge in [0.15, 0.2) is 7.85 Å². The SMILES string of the molecule is BC(=O)CCCCCCCCCCCCCCCCCCC. The molecule has 0 N–H and O–H groups in total. The fraction of sp³-hybridized carbons (Fsp3) is 0.950. The second-order valence-corrected chi connectivity index (χ2v) is 7.11. The van der Waals surface area contributed by atoms with E-state index in [-0.39, 0.29) is 0 Å². The molecule has 0 fully saturated rings. The zero-order valence-electron chi connectivity index (χ0n) is 15.6. The van der Waals surface area contributed by atoms with Gasteiger partial charge in [-0.1, -0.05) is 110 Å². The minimum absolute atomic E-state index is 0.348. The van der Waals surface area contributed by atoms with Crippen LogP contribution in [0, 0.1) is 0 Å². The van der Waals surface area contributed by atoms with Gasteiger partial charge in [0.25, 0.3) is 0 Å². The van der Waals surface area contributed by atoms with Crippen LogP contribution in [0.4, 0.5) is 0 Å². The molecule has 22 heavy (non-hydrogen) atoms. The van der Waals surface area contributed by atoms with Crippen molar-refractivity contribution < 1.29 is 4.79 Å². The maximum Gasteiger partial charge on any atom is 0.187 e. The summed E-state index contributed by atoms with van der Waals surface area (Å²) in [5, 5.41) is 0. The van der Waals surface area contributed by atoms with Gasteiger partial charge in [0.2, 0.25) is 0 Å². The van der Waals surface area contributed by atoms with E-state index in [4.69, 9.17) is 0 Å². The molecule has 0 bridgehead atoms. The van der Waals surface area contributed by atoms with E-state index in [2.05, 4.69) is 6.92 Å². The van der Waals surface area contributed by atoms with Crippen LogP contribution >= 0.6 is 0 Å². The van der Waals surface area contributed by atoms with Crippen molar-refractivity contribution >= 4 is 13.5 Å². The van der Waals surface area contributed by atoms with Crippen LogP contribution in [0.25, 0.3) is 0 Å². The van der Waals surface area contributed by atoms with Crippen LogP contribution < -0.4 is 0 Å². The fourth-order valence-electron chi connectivity index (χ4n) is 3.10. The summed E-state index contributed by atoms with van der Waals surface area (Å²) in [7, 11) is 1.70. The van der Waals surface area contributed by atoms with E-state index in [1.54, 1.807) is 7.85 Å². The Kier molecular flexibility index (Phi) is 18.6. The molecule has 0 saturated heterocycles. The summed E-state index contributed by atoms with van der Waals surface area (Å²) in [6, 6.07) is 0. The molecular weight excluding hydrogens is 267 g/mol. The van der Waals surface area contributed by atoms with Crippen LogP contribution in [0.3, 0.4) is 0 Å². The molecule has 0 aliphatic rings. The number of rotatable bonds is 18. The maximum atomic E-state index is 10.8. The summed E-state index contributed by atoms with van der Waals surface area (Å²) in [6.07, 6.45) is 24.5. The minimum atomic E-state index is 0.348. The molecule has 0 spiro atoms. The Morgan fingerprint density at radius 3 is 1.09 bits per heavy atom. The van der Waals surface area contributed by atoms with Crippen LogP contribution in [0.15, 0.2) is 0 Å². The lowest BCUT2D eigenvalue weighted by molar-refractivity contribution is -0.111. The predicted molar refractivity (Wildman–Crippen MR) is 102 cm³/mol. The van der Waals surface area contributed by atoms with Crippen LogP contribution in [-0.4, -0.2) is 13.5 Å². The van der Waals surface area contributed by atoms with Crippen molar-refractivity contribution in [2.75, 3.05) is 0 Å². The van der Waals surface area contributed by atoms with Crippen LogP contribution in [0.5, 0.6) is 0 Å². The van der Waals surface area contributed by atoms with Gasteiger partial charge in [-0.2, -0.15) is 0 Å². The minimum Gasteiger partial charge on any atom is -0.312 e. The van der Waals surface area contributed by atoms with Gasteiger partial charge in [-0.3, -0.25) is 0 Å². The van der Waals surface area contributed by atoms with Crippen molar-refractivity contribution in [1.82, 2.24) is 0 Å². The molecule has 0 aromatic heterocycles. The zero-order valence-corrected chi connectivity index (χ0v) is 15.6. The summed E-state index contributed by atoms with van der Waals surface area (Å²) >= 11 is 0. The van der Waals surface area contributed by atoms with Gasteiger partial charge < -0.3 is 4.79 Å². The van der Waals surface area contributed by atoms with Crippen molar-refractivity contribution in [2.45, 2.75) is 122 Å². The second-order valence-electron chi connectivity index (χ2n) is 7.11. The molecule has 0 saturated carbocycles. The second kappa shape index (κ2) is 18.8. The van der Waals surface area contributed by atoms with E-state index < -0.39 is 0 Å². The first-order valence-electron chi connectivity index (χ1n) is 10.3. The Labute approximate surface area is 141 Å². The molecule has 0 aliphatic heterocycles. The molecule has 0 heterocycles. The lowest BCUT2D eigenvalue weighted by Gasteiger charge is -2.03. The fourth-order valence-corrected chi connectivity index (χ4v) is 3.10. The molecule has 0 aromatic carbocycles. The van der Waals surface area contributed by atoms with Crippen molar-refractivity contribution in [3.05, 3.63) is 0 Å². The predicted octanol–water partition coefficient (Wildman–Crippen LogP) is 6.19. The van der Waals surface area contributed by atoms with E-state index in [0.29, 0.717) is 5.68 Å². The Morgan fingerprint density at radius 2 is 0.818 bits per heavy atom. The maximum absolute atomic E-state index is 10.8. The van der Waals surface area contributed by atoms with Crippen LogP contribution in [0.2, 0.25) is 0 Å². The number of hydrogen-bond acceptors (Lipinski definition) is 1. The largest absolute Gasteiger partial charge is 0.312 e. The first-order valence-corrected chi connectivity index (χ1v) is 10.3. The number of unbranched alkanes of at least 4 members (excludes halogenated alkanes) is 16. The lowest BCUT2D eigenvalue weighted by atomic mass is 9.96. The quantitative estimate of drug-likeness (QED) is 0.218. The standard InChI is InChI=1S/C20H41BO/c1-2-3-4-5-6-7-8-9-10-11-12-13-14-15-16-17-18-19-20(21)22/h2-19,21H2,1H3. The van der Waals surface area contributed by atoms with Crippen molar-refractivity contribution in [3.8, 4) is 0 Å². The third-order valence-electron chi connectivity index (χ3n) is 4.63. The summed E-state index contributed by atoms with van der Waals surface area (Å²) in [6.45, 7) is 2.29. The Bertz CT molecular complexity index is 228. The van der Waals surface area contributed by atoms with Gasteiger partial charge in [0.1, 0.15) is 0 Å². The van der Waals surface area contributed by atoms with Gasteiger partial charge in [0.05, 0.1) is 5.68 Å². The third kappa shape index (κ3) is 19.7. The molecule has 0 aliphatic carbocycles. The first-order chi connectivity index (χ1) is 10.8. The van der Waals surface area contributed by atoms with Crippen LogP contribution in [-0.2, 0) is 4.79 Å². The molecule has 0 atom stereocenters. The summed E-state index contributed by atoms with van der Waals surface area (Å²) in [5.74, 6) is 0. The molecule has 0 aromatic rings. The summed E-state index contributed by atoms with van der Waals surface area (Å²) < 4.78 is 0. The van der Waals surface area contributed by atoms with E-state index in [0.717, 1.165) is 12.8 Å². The van der Waals surface area contributed by atoms with Crippen LogP contribution in [0.1, 0.15) is 122 Å². The van der Waals surface area contributed by atoms with Crippen molar-refractivity contribution in [3.63, 3.8) is 0 Å². The zero-order chi connectivity index (χ0) is 16.3. The number of hydrogen-bond donors (Lipinski definition) is 0.